The van der Waals surface area contributed by atoms with Crippen LogP contribution in [0.4, 0.5) is 4.39 Å². The van der Waals surface area contributed by atoms with Gasteiger partial charge in [-0.15, -0.1) is 11.3 Å². The van der Waals surface area contributed by atoms with Crippen LogP contribution in [0, 0.1) is 5.82 Å². The zero-order chi connectivity index (χ0) is 17.1. The van der Waals surface area contributed by atoms with E-state index in [1.807, 2.05) is 22.4 Å². The number of carboxylic acids is 1. The van der Waals surface area contributed by atoms with Crippen molar-refractivity contribution < 1.29 is 19.0 Å². The summed E-state index contributed by atoms with van der Waals surface area (Å²) < 4.78 is 19.4. The maximum Gasteiger partial charge on any atom is 0.320 e. The Kier molecular flexibility index (Phi) is 5.16. The summed E-state index contributed by atoms with van der Waals surface area (Å²) in [6.07, 6.45) is 2.43. The zero-order valence-electron chi connectivity index (χ0n) is 13.4. The van der Waals surface area contributed by atoms with Crippen molar-refractivity contribution in [1.29, 1.82) is 0 Å². The number of likely N-dealkylation sites (tertiary alicyclic amines) is 1. The molecule has 1 aliphatic rings. The number of hydrogen-bond donors (Lipinski definition) is 1. The summed E-state index contributed by atoms with van der Waals surface area (Å²) in [5.41, 5.74) is 0.674. The fourth-order valence-corrected chi connectivity index (χ4v) is 4.25. The Morgan fingerprint density at radius 3 is 2.92 bits per heavy atom. The van der Waals surface area contributed by atoms with Crippen LogP contribution in [0.1, 0.15) is 35.7 Å². The maximum atomic E-state index is 13.9. The molecule has 1 aromatic heterocycles. The molecule has 0 spiro atoms. The predicted molar refractivity (Wildman–Crippen MR) is 91.1 cm³/mol. The van der Waals surface area contributed by atoms with Crippen LogP contribution < -0.4 is 4.74 Å². The Bertz CT molecular complexity index is 704. The highest BCUT2D eigenvalue weighted by Crippen LogP contribution is 2.40. The van der Waals surface area contributed by atoms with Gasteiger partial charge in [0.05, 0.1) is 13.2 Å². The minimum absolute atomic E-state index is 0.322. The Balaban J connectivity index is 2.11. The fraction of sp³-hybridized carbons (Fsp3) is 0.389. The second kappa shape index (κ2) is 7.32. The highest BCUT2D eigenvalue weighted by Gasteiger charge is 2.36. The van der Waals surface area contributed by atoms with Gasteiger partial charge in [-0.25, -0.2) is 4.39 Å². The van der Waals surface area contributed by atoms with Crippen LogP contribution in [0.25, 0.3) is 0 Å². The van der Waals surface area contributed by atoms with Crippen molar-refractivity contribution in [3.05, 3.63) is 52.0 Å². The largest absolute Gasteiger partial charge is 0.496 e. The third-order valence-corrected chi connectivity index (χ3v) is 5.38. The van der Waals surface area contributed by atoms with Gasteiger partial charge >= 0.3 is 5.97 Å². The molecule has 4 nitrogen and oxygen atoms in total. The molecule has 2 atom stereocenters. The first-order valence-electron chi connectivity index (χ1n) is 7.97. The number of thiophene rings is 1. The molecule has 3 rings (SSSR count). The van der Waals surface area contributed by atoms with E-state index in [1.165, 1.54) is 12.1 Å². The third-order valence-electron chi connectivity index (χ3n) is 4.46. The molecule has 1 N–H and O–H groups in total. The molecule has 0 amide bonds. The molecule has 1 aromatic carbocycles. The van der Waals surface area contributed by atoms with Gasteiger partial charge < -0.3 is 9.84 Å². The van der Waals surface area contributed by atoms with E-state index in [0.29, 0.717) is 24.3 Å². The fourth-order valence-electron chi connectivity index (χ4n) is 3.39. The lowest BCUT2D eigenvalue weighted by Crippen LogP contribution is -2.46. The van der Waals surface area contributed by atoms with Gasteiger partial charge in [0.2, 0.25) is 0 Å². The van der Waals surface area contributed by atoms with E-state index >= 15 is 0 Å². The molecule has 24 heavy (non-hydrogen) atoms. The Labute approximate surface area is 144 Å². The first-order valence-corrected chi connectivity index (χ1v) is 8.85. The maximum absolute atomic E-state index is 13.9. The van der Waals surface area contributed by atoms with Crippen LogP contribution in [0.15, 0.2) is 35.7 Å². The second-order valence-electron chi connectivity index (χ2n) is 5.89. The average molecular weight is 349 g/mol. The van der Waals surface area contributed by atoms with E-state index in [2.05, 4.69) is 0 Å². The van der Waals surface area contributed by atoms with Crippen LogP contribution in [-0.4, -0.2) is 35.7 Å². The van der Waals surface area contributed by atoms with Gasteiger partial charge in [0.1, 0.15) is 17.6 Å². The molecule has 2 unspecified atom stereocenters. The first-order chi connectivity index (χ1) is 11.6. The predicted octanol–water partition coefficient (Wildman–Crippen LogP) is 3.92. The number of benzene rings is 1. The molecule has 0 bridgehead atoms. The Morgan fingerprint density at radius 2 is 2.25 bits per heavy atom. The number of carboxylic acid groups (broad SMARTS) is 1. The average Bonchev–Trinajstić information content (AvgIpc) is 3.10. The van der Waals surface area contributed by atoms with Gasteiger partial charge in [-0.05, 0) is 49.0 Å². The lowest BCUT2D eigenvalue weighted by atomic mass is 9.94. The van der Waals surface area contributed by atoms with Gasteiger partial charge in [-0.1, -0.05) is 12.5 Å². The van der Waals surface area contributed by atoms with Crippen molar-refractivity contribution in [2.75, 3.05) is 13.7 Å². The van der Waals surface area contributed by atoms with E-state index < -0.39 is 12.0 Å². The lowest BCUT2D eigenvalue weighted by molar-refractivity contribution is -0.145. The van der Waals surface area contributed by atoms with Crippen LogP contribution in [-0.2, 0) is 4.79 Å². The number of nitrogens with zero attached hydrogens (tertiary/aromatic N) is 1. The van der Waals surface area contributed by atoms with E-state index in [9.17, 15) is 14.3 Å². The quantitative estimate of drug-likeness (QED) is 0.889. The van der Waals surface area contributed by atoms with Crippen molar-refractivity contribution in [1.82, 2.24) is 4.90 Å². The Hall–Kier alpha value is -1.92. The number of methoxy groups -OCH3 is 1. The number of piperidine rings is 1. The first kappa shape index (κ1) is 16.9. The Morgan fingerprint density at radius 1 is 1.42 bits per heavy atom. The van der Waals surface area contributed by atoms with Crippen molar-refractivity contribution in [3.63, 3.8) is 0 Å². The topological polar surface area (TPSA) is 49.8 Å². The van der Waals surface area contributed by atoms with Crippen LogP contribution in [0.3, 0.4) is 0 Å². The summed E-state index contributed by atoms with van der Waals surface area (Å²) in [6.45, 7) is 0.666. The van der Waals surface area contributed by atoms with E-state index in [4.69, 9.17) is 4.74 Å². The van der Waals surface area contributed by atoms with Crippen LogP contribution >= 0.6 is 11.3 Å². The van der Waals surface area contributed by atoms with E-state index in [-0.39, 0.29) is 11.9 Å². The van der Waals surface area contributed by atoms with Crippen LogP contribution in [0.5, 0.6) is 5.75 Å². The molecule has 1 fully saturated rings. The molecular weight excluding hydrogens is 329 g/mol. The van der Waals surface area contributed by atoms with Crippen molar-refractivity contribution in [2.45, 2.75) is 31.3 Å². The molecule has 128 valence electrons. The molecule has 1 aliphatic heterocycles. The number of aliphatic carboxylic acids is 1. The van der Waals surface area contributed by atoms with Crippen LogP contribution in [0.2, 0.25) is 0 Å². The second-order valence-corrected chi connectivity index (χ2v) is 6.87. The van der Waals surface area contributed by atoms with Crippen molar-refractivity contribution in [3.8, 4) is 5.75 Å². The molecule has 1 saturated heterocycles. The number of rotatable bonds is 5. The van der Waals surface area contributed by atoms with Gasteiger partial charge in [0.25, 0.3) is 0 Å². The molecule has 6 heteroatoms. The van der Waals surface area contributed by atoms with Gasteiger partial charge in [-0.2, -0.15) is 0 Å². The molecule has 0 saturated carbocycles. The van der Waals surface area contributed by atoms with Crippen molar-refractivity contribution >= 4 is 17.3 Å². The van der Waals surface area contributed by atoms with E-state index in [1.54, 1.807) is 24.5 Å². The summed E-state index contributed by atoms with van der Waals surface area (Å²) >= 11 is 1.55. The standard InChI is InChI=1S/C18H20FNO3S/c1-23-15-8-7-12(19)11-13(15)17(16-6-4-10-24-16)20-9-3-2-5-14(20)18(21)22/h4,6-8,10-11,14,17H,2-3,5,9H2,1H3,(H,21,22). The highest BCUT2D eigenvalue weighted by atomic mass is 32.1. The minimum atomic E-state index is -0.827. The lowest BCUT2D eigenvalue weighted by Gasteiger charge is -2.39. The molecule has 2 aromatic rings. The highest BCUT2D eigenvalue weighted by molar-refractivity contribution is 7.10. The monoisotopic (exact) mass is 349 g/mol. The minimum Gasteiger partial charge on any atom is -0.496 e. The number of halogens is 1. The summed E-state index contributed by atoms with van der Waals surface area (Å²) in [6, 6.07) is 7.42. The summed E-state index contributed by atoms with van der Waals surface area (Å²) in [5.74, 6) is -0.604. The number of carbonyl (C=O) groups is 1. The smallest absolute Gasteiger partial charge is 0.320 e. The van der Waals surface area contributed by atoms with Gasteiger partial charge in [0.15, 0.2) is 0 Å². The third kappa shape index (κ3) is 3.30. The summed E-state index contributed by atoms with van der Waals surface area (Å²) in [5, 5.41) is 11.6. The summed E-state index contributed by atoms with van der Waals surface area (Å²) in [4.78, 5) is 14.7. The van der Waals surface area contributed by atoms with Gasteiger partial charge in [0, 0.05) is 10.4 Å². The number of hydrogen-bond acceptors (Lipinski definition) is 4. The summed E-state index contributed by atoms with van der Waals surface area (Å²) in [7, 11) is 1.55. The zero-order valence-corrected chi connectivity index (χ0v) is 14.3. The number of ether oxygens (including phenoxy) is 1. The molecule has 2 heterocycles. The normalized spacial score (nSPS) is 19.8. The molecular formula is C18H20FNO3S. The van der Waals surface area contributed by atoms with Crippen molar-refractivity contribution in [2.24, 2.45) is 0 Å². The molecule has 0 aliphatic carbocycles. The van der Waals surface area contributed by atoms with Gasteiger partial charge in [-0.3, -0.25) is 9.69 Å². The molecule has 0 radical (unpaired) electrons. The van der Waals surface area contributed by atoms with E-state index in [0.717, 1.165) is 17.7 Å². The SMILES string of the molecule is COc1ccc(F)cc1C(c1cccs1)N1CCCCC1C(=O)O.